The first-order valence-electron chi connectivity index (χ1n) is 6.69. The van der Waals surface area contributed by atoms with E-state index in [0.717, 1.165) is 5.82 Å². The lowest BCUT2D eigenvalue weighted by molar-refractivity contribution is 0.290. The minimum Gasteiger partial charge on any atom is -0.311 e. The van der Waals surface area contributed by atoms with E-state index in [1.165, 1.54) is 32.1 Å². The average molecular weight is 237 g/mol. The first-order valence-corrected chi connectivity index (χ1v) is 6.69. The van der Waals surface area contributed by atoms with Gasteiger partial charge in [0.15, 0.2) is 5.82 Å². The van der Waals surface area contributed by atoms with Crippen LogP contribution in [0.25, 0.3) is 0 Å². The van der Waals surface area contributed by atoms with Gasteiger partial charge in [-0.25, -0.2) is 4.68 Å². The predicted molar refractivity (Wildman–Crippen MR) is 66.6 cm³/mol. The molecule has 0 spiro atoms. The van der Waals surface area contributed by atoms with Crippen LogP contribution in [-0.2, 0) is 0 Å². The molecule has 1 aromatic rings. The van der Waals surface area contributed by atoms with Gasteiger partial charge in [0.2, 0.25) is 0 Å². The second kappa shape index (κ2) is 5.58. The number of aromatic nitrogens is 4. The third-order valence-electron chi connectivity index (χ3n) is 3.97. The highest BCUT2D eigenvalue weighted by Gasteiger charge is 2.26. The normalized spacial score (nSPS) is 27.7. The molecule has 3 unspecified atom stereocenters. The third-order valence-corrected chi connectivity index (χ3v) is 3.97. The summed E-state index contributed by atoms with van der Waals surface area (Å²) in [6.45, 7) is 4.43. The van der Waals surface area contributed by atoms with Crippen molar-refractivity contribution >= 4 is 0 Å². The Balaban J connectivity index is 2.22. The van der Waals surface area contributed by atoms with Gasteiger partial charge in [0.05, 0.1) is 12.1 Å². The molecular weight excluding hydrogens is 214 g/mol. The van der Waals surface area contributed by atoms with E-state index in [0.29, 0.717) is 12.0 Å². The Labute approximate surface area is 103 Å². The Hall–Kier alpha value is -0.970. The van der Waals surface area contributed by atoms with E-state index in [1.807, 2.05) is 7.05 Å². The quantitative estimate of drug-likeness (QED) is 0.818. The summed E-state index contributed by atoms with van der Waals surface area (Å²) in [6.07, 6.45) is 6.48. The van der Waals surface area contributed by atoms with Crippen LogP contribution < -0.4 is 5.32 Å². The van der Waals surface area contributed by atoms with E-state index < -0.39 is 0 Å². The minimum atomic E-state index is 0.209. The number of tetrazole rings is 1. The number of hydrogen-bond acceptors (Lipinski definition) is 4. The number of hydrogen-bond donors (Lipinski definition) is 1. The van der Waals surface area contributed by atoms with Crippen LogP contribution in [0.5, 0.6) is 0 Å². The van der Waals surface area contributed by atoms with Gasteiger partial charge in [0.25, 0.3) is 0 Å². The molecule has 3 atom stereocenters. The van der Waals surface area contributed by atoms with E-state index in [-0.39, 0.29) is 6.04 Å². The molecule has 5 nitrogen and oxygen atoms in total. The fourth-order valence-corrected chi connectivity index (χ4v) is 2.69. The number of nitrogens with one attached hydrogen (secondary N) is 1. The highest BCUT2D eigenvalue weighted by Crippen LogP contribution is 2.32. The van der Waals surface area contributed by atoms with Crippen LogP contribution in [0.4, 0.5) is 0 Å². The highest BCUT2D eigenvalue weighted by atomic mass is 15.6. The molecule has 1 fully saturated rings. The first kappa shape index (κ1) is 12.5. The maximum Gasteiger partial charge on any atom is 0.168 e. The third kappa shape index (κ3) is 2.65. The molecule has 17 heavy (non-hydrogen) atoms. The van der Waals surface area contributed by atoms with E-state index in [2.05, 4.69) is 39.4 Å². The monoisotopic (exact) mass is 237 g/mol. The Morgan fingerprint density at radius 1 is 1.29 bits per heavy atom. The van der Waals surface area contributed by atoms with Crippen LogP contribution in [0.3, 0.4) is 0 Å². The van der Waals surface area contributed by atoms with Crippen molar-refractivity contribution in [3.8, 4) is 0 Å². The molecule has 0 radical (unpaired) electrons. The molecule has 0 aromatic carbocycles. The van der Waals surface area contributed by atoms with Crippen LogP contribution in [0.2, 0.25) is 0 Å². The summed E-state index contributed by atoms with van der Waals surface area (Å²) in [5.74, 6) is 1.63. The average Bonchev–Trinajstić information content (AvgIpc) is 2.72. The summed E-state index contributed by atoms with van der Waals surface area (Å²) in [7, 11) is 1.94. The summed E-state index contributed by atoms with van der Waals surface area (Å²) in [5, 5.41) is 15.5. The lowest BCUT2D eigenvalue weighted by Gasteiger charge is -2.23. The topological polar surface area (TPSA) is 55.6 Å². The van der Waals surface area contributed by atoms with E-state index in [9.17, 15) is 0 Å². The van der Waals surface area contributed by atoms with Crippen molar-refractivity contribution in [3.63, 3.8) is 0 Å². The van der Waals surface area contributed by atoms with Gasteiger partial charge in [-0.15, -0.1) is 5.10 Å². The van der Waals surface area contributed by atoms with Crippen LogP contribution in [0.15, 0.2) is 0 Å². The SMILES string of the molecule is CNC(C)c1nnnn1C1CCCCCC1C. The second-order valence-corrected chi connectivity index (χ2v) is 5.17. The molecule has 1 aliphatic carbocycles. The first-order chi connectivity index (χ1) is 8.24. The van der Waals surface area contributed by atoms with Gasteiger partial charge < -0.3 is 5.32 Å². The Morgan fingerprint density at radius 2 is 2.06 bits per heavy atom. The number of nitrogens with zero attached hydrogens (tertiary/aromatic N) is 4. The molecule has 1 saturated carbocycles. The molecule has 1 N–H and O–H groups in total. The molecule has 5 heteroatoms. The van der Waals surface area contributed by atoms with Crippen molar-refractivity contribution in [3.05, 3.63) is 5.82 Å². The van der Waals surface area contributed by atoms with E-state index >= 15 is 0 Å². The molecule has 1 aromatic heterocycles. The van der Waals surface area contributed by atoms with E-state index in [1.54, 1.807) is 0 Å². The van der Waals surface area contributed by atoms with Crippen molar-refractivity contribution in [1.82, 2.24) is 25.5 Å². The van der Waals surface area contributed by atoms with Gasteiger partial charge in [0, 0.05) is 0 Å². The van der Waals surface area contributed by atoms with E-state index in [4.69, 9.17) is 0 Å². The van der Waals surface area contributed by atoms with Crippen molar-refractivity contribution in [2.75, 3.05) is 7.05 Å². The second-order valence-electron chi connectivity index (χ2n) is 5.17. The van der Waals surface area contributed by atoms with Gasteiger partial charge in [-0.1, -0.05) is 26.2 Å². The Bertz CT molecular complexity index is 348. The Morgan fingerprint density at radius 3 is 2.82 bits per heavy atom. The van der Waals surface area contributed by atoms with Crippen molar-refractivity contribution in [2.45, 2.75) is 58.0 Å². The van der Waals surface area contributed by atoms with Crippen molar-refractivity contribution in [2.24, 2.45) is 5.92 Å². The lowest BCUT2D eigenvalue weighted by atomic mass is 9.97. The molecule has 96 valence electrons. The van der Waals surface area contributed by atoms with Crippen LogP contribution in [0, 0.1) is 5.92 Å². The molecule has 0 aliphatic heterocycles. The maximum absolute atomic E-state index is 4.22. The summed E-state index contributed by atoms with van der Waals surface area (Å²) in [4.78, 5) is 0. The van der Waals surface area contributed by atoms with Crippen LogP contribution in [0.1, 0.15) is 63.9 Å². The zero-order valence-corrected chi connectivity index (χ0v) is 11.1. The molecule has 1 aliphatic rings. The fraction of sp³-hybridized carbons (Fsp3) is 0.917. The lowest BCUT2D eigenvalue weighted by Crippen LogP contribution is -2.24. The summed E-state index contributed by atoms with van der Waals surface area (Å²) in [5.41, 5.74) is 0. The zero-order chi connectivity index (χ0) is 12.3. The van der Waals surface area contributed by atoms with Gasteiger partial charge in [-0.05, 0) is 43.2 Å². The molecule has 0 saturated heterocycles. The van der Waals surface area contributed by atoms with Crippen LogP contribution >= 0.6 is 0 Å². The number of rotatable bonds is 3. The van der Waals surface area contributed by atoms with Gasteiger partial charge in [-0.2, -0.15) is 0 Å². The summed E-state index contributed by atoms with van der Waals surface area (Å²) in [6, 6.07) is 0.679. The van der Waals surface area contributed by atoms with Gasteiger partial charge >= 0.3 is 0 Å². The molecule has 1 heterocycles. The molecular formula is C12H23N5. The van der Waals surface area contributed by atoms with Gasteiger partial charge in [-0.3, -0.25) is 0 Å². The summed E-state index contributed by atoms with van der Waals surface area (Å²) < 4.78 is 2.05. The predicted octanol–water partition coefficient (Wildman–Crippen LogP) is 2.09. The van der Waals surface area contributed by atoms with Crippen molar-refractivity contribution < 1.29 is 0 Å². The molecule has 0 bridgehead atoms. The standard InChI is InChI=1S/C12H23N5/c1-9-7-5-4-6-8-11(9)17-12(10(2)13-3)14-15-16-17/h9-11,13H,4-8H2,1-3H3. The highest BCUT2D eigenvalue weighted by molar-refractivity contribution is 4.93. The van der Waals surface area contributed by atoms with Crippen LogP contribution in [-0.4, -0.2) is 27.3 Å². The van der Waals surface area contributed by atoms with Crippen molar-refractivity contribution in [1.29, 1.82) is 0 Å². The smallest absolute Gasteiger partial charge is 0.168 e. The minimum absolute atomic E-state index is 0.209. The maximum atomic E-state index is 4.22. The van der Waals surface area contributed by atoms with Gasteiger partial charge in [0.1, 0.15) is 0 Å². The zero-order valence-electron chi connectivity index (χ0n) is 11.1. The summed E-state index contributed by atoms with van der Waals surface area (Å²) >= 11 is 0. The Kier molecular flexibility index (Phi) is 4.10. The largest absolute Gasteiger partial charge is 0.311 e. The fourth-order valence-electron chi connectivity index (χ4n) is 2.69. The molecule has 0 amide bonds. The molecule has 2 rings (SSSR count).